The number of guanidine groups is 1. The van der Waals surface area contributed by atoms with E-state index in [1.54, 1.807) is 72.8 Å². The van der Waals surface area contributed by atoms with Crippen molar-refractivity contribution in [2.75, 3.05) is 29.5 Å². The number of nitrogens with zero attached hydrogens (tertiary/aromatic N) is 1. The molecule has 2 atom stereocenters. The smallest absolute Gasteiger partial charge is 0.315 e. The van der Waals surface area contributed by atoms with E-state index in [9.17, 15) is 19.2 Å². The molecule has 8 nitrogen and oxygen atoms in total. The molecule has 3 aromatic carbocycles. The molecule has 35 heavy (non-hydrogen) atoms. The summed E-state index contributed by atoms with van der Waals surface area (Å²) < 4.78 is 13.0. The van der Waals surface area contributed by atoms with Crippen LogP contribution in [0.2, 0.25) is 0 Å². The molecule has 2 unspecified atom stereocenters. The molecule has 180 valence electrons. The normalized spacial score (nSPS) is 14.7. The molecule has 0 bridgehead atoms. The van der Waals surface area contributed by atoms with Crippen LogP contribution in [0.5, 0.6) is 0 Å². The Labute approximate surface area is 206 Å². The summed E-state index contributed by atoms with van der Waals surface area (Å²) in [5.74, 6) is -1.63. The van der Waals surface area contributed by atoms with Gasteiger partial charge in [-0.1, -0.05) is 42.5 Å². The molecule has 3 aromatic rings. The van der Waals surface area contributed by atoms with E-state index in [0.29, 0.717) is 27.7 Å². The minimum Gasteiger partial charge on any atom is -0.611 e. The quantitative estimate of drug-likeness (QED) is 0.357. The van der Waals surface area contributed by atoms with Crippen molar-refractivity contribution in [3.63, 3.8) is 0 Å². The van der Waals surface area contributed by atoms with Gasteiger partial charge >= 0.3 is 5.97 Å². The zero-order chi connectivity index (χ0) is 24.6. The molecule has 0 fully saturated rings. The highest BCUT2D eigenvalue weighted by atomic mass is 32.2. The third-order valence-corrected chi connectivity index (χ3v) is 6.87. The highest BCUT2D eigenvalue weighted by Crippen LogP contribution is 2.24. The predicted octanol–water partition coefficient (Wildman–Crippen LogP) is 3.68. The van der Waals surface area contributed by atoms with E-state index in [4.69, 9.17) is 0 Å². The molecule has 0 aliphatic carbocycles. The van der Waals surface area contributed by atoms with Crippen molar-refractivity contribution in [3.05, 3.63) is 90.0 Å². The van der Waals surface area contributed by atoms with Crippen LogP contribution >= 0.6 is 0 Å². The molecule has 0 radical (unpaired) electrons. The number of anilines is 2. The Balaban J connectivity index is 1.43. The maximum absolute atomic E-state index is 13.0. The highest BCUT2D eigenvalue weighted by Gasteiger charge is 2.27. The van der Waals surface area contributed by atoms with Crippen LogP contribution in [0.25, 0.3) is 0 Å². The summed E-state index contributed by atoms with van der Waals surface area (Å²) >= 11 is -1.57. The summed E-state index contributed by atoms with van der Waals surface area (Å²) in [5.41, 5.74) is 2.26. The molecule has 1 amide bonds. The number of carbonyl (C=O) groups excluding carboxylic acids is 1. The highest BCUT2D eigenvalue weighted by molar-refractivity contribution is 7.91. The number of aliphatic imine (C=N–C) groups is 1. The topological polar surface area (TPSA) is 126 Å². The summed E-state index contributed by atoms with van der Waals surface area (Å²) in [7, 11) is 0. The molecule has 9 heteroatoms. The molecule has 4 N–H and O–H groups in total. The van der Waals surface area contributed by atoms with Gasteiger partial charge in [0.2, 0.25) is 0 Å². The van der Waals surface area contributed by atoms with E-state index in [-0.39, 0.29) is 11.7 Å². The summed E-state index contributed by atoms with van der Waals surface area (Å²) in [6, 6.07) is 22.5. The molecule has 1 heterocycles. The lowest BCUT2D eigenvalue weighted by Crippen LogP contribution is -2.35. The average molecular weight is 491 g/mol. The van der Waals surface area contributed by atoms with Crippen LogP contribution in [-0.2, 0) is 16.0 Å². The summed E-state index contributed by atoms with van der Waals surface area (Å²) in [6.07, 6.45) is 0.987. The van der Waals surface area contributed by atoms with Crippen LogP contribution in [0.1, 0.15) is 28.3 Å². The number of carboxylic acids is 1. The second kappa shape index (κ2) is 11.5. The lowest BCUT2D eigenvalue weighted by molar-refractivity contribution is -0.138. The molecule has 0 saturated heterocycles. The fraction of sp³-hybridized carbons (Fsp3) is 0.192. The second-order valence-corrected chi connectivity index (χ2v) is 9.51. The molecule has 0 saturated carbocycles. The van der Waals surface area contributed by atoms with Gasteiger partial charge in [0.25, 0.3) is 5.91 Å². The van der Waals surface area contributed by atoms with Gasteiger partial charge in [0.1, 0.15) is 11.7 Å². The lowest BCUT2D eigenvalue weighted by Gasteiger charge is -2.17. The standard InChI is InChI=1S/C26H26N4O4S/c31-24(19-9-4-10-20(15-19)30-26-27-13-6-14-28-26)29-21-11-5-12-22(16-21)35(34)17-23(25(32)33)18-7-2-1-3-8-18/h1-5,7-12,15-16,23H,6,13-14,17H2,(H,29,31)(H,32,33)(H2,27,28,30). The molecule has 1 aliphatic rings. The maximum atomic E-state index is 13.0. The first-order valence-electron chi connectivity index (χ1n) is 11.2. The van der Waals surface area contributed by atoms with Crippen LogP contribution in [0.3, 0.4) is 0 Å². The van der Waals surface area contributed by atoms with Gasteiger partial charge in [-0.25, -0.2) is 0 Å². The second-order valence-electron chi connectivity index (χ2n) is 8.01. The first-order valence-corrected chi connectivity index (χ1v) is 12.5. The van der Waals surface area contributed by atoms with Gasteiger partial charge in [-0.15, -0.1) is 0 Å². The Kier molecular flexibility index (Phi) is 8.02. The van der Waals surface area contributed by atoms with Gasteiger partial charge < -0.3 is 25.6 Å². The van der Waals surface area contributed by atoms with Gasteiger partial charge in [0.05, 0.1) is 0 Å². The molecule has 0 spiro atoms. The van der Waals surface area contributed by atoms with Gasteiger partial charge in [0.15, 0.2) is 10.9 Å². The molecular weight excluding hydrogens is 464 g/mol. The number of nitrogens with one attached hydrogen (secondary N) is 3. The number of aliphatic carboxylic acids is 1. The molecular formula is C26H26N4O4S. The van der Waals surface area contributed by atoms with E-state index >= 15 is 0 Å². The van der Waals surface area contributed by atoms with Crippen LogP contribution in [-0.4, -0.2) is 46.3 Å². The van der Waals surface area contributed by atoms with Crippen LogP contribution in [0.4, 0.5) is 11.4 Å². The van der Waals surface area contributed by atoms with E-state index in [1.165, 1.54) is 0 Å². The molecule has 1 aliphatic heterocycles. The Morgan fingerprint density at radius 1 is 1.03 bits per heavy atom. The Morgan fingerprint density at radius 3 is 2.54 bits per heavy atom. The number of carbonyl (C=O) groups is 2. The Hall–Kier alpha value is -3.82. The largest absolute Gasteiger partial charge is 0.611 e. The van der Waals surface area contributed by atoms with Crippen molar-refractivity contribution in [2.24, 2.45) is 4.99 Å². The lowest BCUT2D eigenvalue weighted by atomic mass is 10.0. The van der Waals surface area contributed by atoms with Crippen molar-refractivity contribution in [1.29, 1.82) is 0 Å². The Bertz CT molecular complexity index is 1220. The van der Waals surface area contributed by atoms with E-state index in [1.807, 2.05) is 6.07 Å². The third kappa shape index (κ3) is 6.62. The fourth-order valence-corrected chi connectivity index (χ4v) is 4.97. The molecule has 4 rings (SSSR count). The van der Waals surface area contributed by atoms with Gasteiger partial charge in [0, 0.05) is 36.1 Å². The zero-order valence-electron chi connectivity index (χ0n) is 18.9. The first kappa shape index (κ1) is 24.3. The predicted molar refractivity (Wildman–Crippen MR) is 137 cm³/mol. The zero-order valence-corrected chi connectivity index (χ0v) is 19.8. The minimum atomic E-state index is -1.57. The molecule has 0 aromatic heterocycles. The van der Waals surface area contributed by atoms with E-state index in [2.05, 4.69) is 20.9 Å². The van der Waals surface area contributed by atoms with E-state index < -0.39 is 23.1 Å². The minimum absolute atomic E-state index is 0.0671. The summed E-state index contributed by atoms with van der Waals surface area (Å²) in [5, 5.41) is 18.8. The monoisotopic (exact) mass is 490 g/mol. The van der Waals surface area contributed by atoms with Gasteiger partial charge in [-0.3, -0.25) is 14.6 Å². The van der Waals surface area contributed by atoms with Crippen LogP contribution in [0.15, 0.2) is 88.8 Å². The fourth-order valence-electron chi connectivity index (χ4n) is 3.65. The average Bonchev–Trinajstić information content (AvgIpc) is 2.88. The van der Waals surface area contributed by atoms with Crippen molar-refractivity contribution in [3.8, 4) is 0 Å². The van der Waals surface area contributed by atoms with Crippen molar-refractivity contribution in [1.82, 2.24) is 5.32 Å². The van der Waals surface area contributed by atoms with Crippen LogP contribution in [0, 0.1) is 0 Å². The van der Waals surface area contributed by atoms with Crippen molar-refractivity contribution in [2.45, 2.75) is 17.2 Å². The number of hydrogen-bond acceptors (Lipinski definition) is 6. The van der Waals surface area contributed by atoms with Crippen molar-refractivity contribution >= 4 is 40.4 Å². The number of rotatable bonds is 8. The van der Waals surface area contributed by atoms with Crippen LogP contribution < -0.4 is 16.0 Å². The van der Waals surface area contributed by atoms with Gasteiger partial charge in [-0.2, -0.15) is 0 Å². The number of hydrogen-bond donors (Lipinski definition) is 4. The SMILES string of the molecule is O=C(Nc1cccc([S+]([O-])CC(C(=O)O)c2ccccc2)c1)c1cccc(NC2=NCCCN2)c1. The summed E-state index contributed by atoms with van der Waals surface area (Å²) in [6.45, 7) is 1.61. The number of amides is 1. The van der Waals surface area contributed by atoms with Gasteiger partial charge in [-0.05, 0) is 53.5 Å². The van der Waals surface area contributed by atoms with Crippen molar-refractivity contribution < 1.29 is 19.2 Å². The van der Waals surface area contributed by atoms with E-state index in [0.717, 1.165) is 25.2 Å². The first-order chi connectivity index (χ1) is 17.0. The summed E-state index contributed by atoms with van der Waals surface area (Å²) in [4.78, 5) is 29.5. The number of carboxylic acid groups (broad SMARTS) is 1. The Morgan fingerprint density at radius 2 is 1.80 bits per heavy atom. The third-order valence-electron chi connectivity index (χ3n) is 5.46. The maximum Gasteiger partial charge on any atom is 0.315 e. The number of benzene rings is 3.